The number of carbonyl (C=O) groups is 2. The van der Waals surface area contributed by atoms with Crippen molar-refractivity contribution in [2.24, 2.45) is 11.8 Å². The van der Waals surface area contributed by atoms with Crippen molar-refractivity contribution in [3.63, 3.8) is 0 Å². The summed E-state index contributed by atoms with van der Waals surface area (Å²) in [7, 11) is 1.42. The van der Waals surface area contributed by atoms with Crippen LogP contribution in [0.3, 0.4) is 0 Å². The maximum Gasteiger partial charge on any atom is 0.410 e. The molecule has 2 bridgehead atoms. The monoisotopic (exact) mass is 416 g/mol. The maximum atomic E-state index is 13.0. The Hall–Kier alpha value is -2.08. The van der Waals surface area contributed by atoms with Crippen LogP contribution in [0, 0.1) is 11.8 Å². The Balaban J connectivity index is 1.70. The Morgan fingerprint density at radius 1 is 1.10 bits per heavy atom. The molecule has 6 nitrogen and oxygen atoms in total. The van der Waals surface area contributed by atoms with Gasteiger partial charge in [0, 0.05) is 38.6 Å². The topological polar surface area (TPSA) is 59.1 Å². The molecule has 30 heavy (non-hydrogen) atoms. The molecule has 2 saturated heterocycles. The summed E-state index contributed by atoms with van der Waals surface area (Å²) in [5.74, 6) is 0.657. The van der Waals surface area contributed by atoms with Crippen LogP contribution in [0.25, 0.3) is 0 Å². The van der Waals surface area contributed by atoms with E-state index in [2.05, 4.69) is 29.2 Å². The number of fused-ring (bicyclic) bond motifs is 2. The lowest BCUT2D eigenvalue weighted by Crippen LogP contribution is -2.59. The molecular formula is C24H36N2O4. The first-order valence-corrected chi connectivity index (χ1v) is 11.1. The lowest BCUT2D eigenvalue weighted by molar-refractivity contribution is -0.140. The Morgan fingerprint density at radius 2 is 1.83 bits per heavy atom. The summed E-state index contributed by atoms with van der Waals surface area (Å²) in [6.45, 7) is 9.35. The molecule has 2 aliphatic rings. The number of nitrogens with zero attached hydrogens (tertiary/aromatic N) is 2. The molecule has 0 aromatic heterocycles. The molecule has 1 aromatic carbocycles. The zero-order valence-corrected chi connectivity index (χ0v) is 18.8. The fourth-order valence-corrected chi connectivity index (χ4v) is 4.88. The number of rotatable bonds is 6. The summed E-state index contributed by atoms with van der Waals surface area (Å²) >= 11 is 0. The Morgan fingerprint density at radius 3 is 2.50 bits per heavy atom. The van der Waals surface area contributed by atoms with Crippen molar-refractivity contribution in [1.82, 2.24) is 9.80 Å². The zero-order chi connectivity index (χ0) is 21.7. The first kappa shape index (κ1) is 22.6. The minimum atomic E-state index is -0.514. The van der Waals surface area contributed by atoms with Crippen molar-refractivity contribution in [1.29, 1.82) is 0 Å². The molecule has 0 saturated carbocycles. The fourth-order valence-electron chi connectivity index (χ4n) is 4.88. The van der Waals surface area contributed by atoms with Gasteiger partial charge in [0.2, 0.25) is 0 Å². The van der Waals surface area contributed by atoms with E-state index in [1.165, 1.54) is 12.7 Å². The molecule has 6 heteroatoms. The normalized spacial score (nSPS) is 24.4. The van der Waals surface area contributed by atoms with E-state index in [-0.39, 0.29) is 18.1 Å². The summed E-state index contributed by atoms with van der Waals surface area (Å²) in [5.41, 5.74) is 0.809. The molecule has 1 aromatic rings. The molecule has 2 fully saturated rings. The molecular weight excluding hydrogens is 380 g/mol. The average molecular weight is 417 g/mol. The second-order valence-corrected chi connectivity index (χ2v) is 9.71. The molecule has 3 rings (SSSR count). The molecule has 0 aliphatic carbocycles. The number of hydrogen-bond donors (Lipinski definition) is 0. The standard InChI is InChI=1S/C24H36N2O4/c1-24(2,3)30-23(28)26-16-19-13-20(21(26)11-8-12-22(27)29-4)17-25(15-19)14-18-9-6-5-7-10-18/h5-7,9-10,19-21H,8,11-17H2,1-4H3/t19-,20+,21+/m1/s1. The van der Waals surface area contributed by atoms with Crippen molar-refractivity contribution >= 4 is 12.1 Å². The molecule has 0 N–H and O–H groups in total. The highest BCUT2D eigenvalue weighted by Crippen LogP contribution is 2.36. The summed E-state index contributed by atoms with van der Waals surface area (Å²) in [4.78, 5) is 29.0. The van der Waals surface area contributed by atoms with Gasteiger partial charge in [0.05, 0.1) is 7.11 Å². The van der Waals surface area contributed by atoms with E-state index in [0.717, 1.165) is 45.4 Å². The number of piperidine rings is 2. The van der Waals surface area contributed by atoms with Gasteiger partial charge in [-0.2, -0.15) is 0 Å². The minimum Gasteiger partial charge on any atom is -0.469 e. The van der Waals surface area contributed by atoms with Crippen LogP contribution in [-0.4, -0.2) is 60.2 Å². The van der Waals surface area contributed by atoms with Gasteiger partial charge < -0.3 is 14.4 Å². The average Bonchev–Trinajstić information content (AvgIpc) is 2.68. The van der Waals surface area contributed by atoms with Gasteiger partial charge >= 0.3 is 12.1 Å². The smallest absolute Gasteiger partial charge is 0.410 e. The van der Waals surface area contributed by atoms with E-state index in [0.29, 0.717) is 18.3 Å². The van der Waals surface area contributed by atoms with Crippen molar-refractivity contribution in [3.8, 4) is 0 Å². The van der Waals surface area contributed by atoms with E-state index < -0.39 is 5.60 Å². The number of ether oxygens (including phenoxy) is 2. The van der Waals surface area contributed by atoms with Gasteiger partial charge in [0.25, 0.3) is 0 Å². The third kappa shape index (κ3) is 6.21. The van der Waals surface area contributed by atoms with Crippen LogP contribution >= 0.6 is 0 Å². The third-order valence-corrected chi connectivity index (χ3v) is 6.03. The first-order chi connectivity index (χ1) is 14.2. The second-order valence-electron chi connectivity index (χ2n) is 9.71. The molecule has 1 amide bonds. The SMILES string of the molecule is COC(=O)CCC[C@H]1[C@H]2C[C@H](CN(Cc3ccccc3)C2)CN1C(=O)OC(C)(C)C. The molecule has 3 atom stereocenters. The molecule has 2 heterocycles. The van der Waals surface area contributed by atoms with Crippen molar-refractivity contribution in [2.75, 3.05) is 26.7 Å². The highest BCUT2D eigenvalue weighted by atomic mass is 16.6. The van der Waals surface area contributed by atoms with Crippen LogP contribution in [-0.2, 0) is 20.8 Å². The number of methoxy groups -OCH3 is 1. The molecule has 0 spiro atoms. The van der Waals surface area contributed by atoms with Crippen LogP contribution in [0.4, 0.5) is 4.79 Å². The zero-order valence-electron chi connectivity index (χ0n) is 18.8. The fraction of sp³-hybridized carbons (Fsp3) is 0.667. The quantitative estimate of drug-likeness (QED) is 0.654. The molecule has 2 aliphatic heterocycles. The highest BCUT2D eigenvalue weighted by molar-refractivity contribution is 5.69. The first-order valence-electron chi connectivity index (χ1n) is 11.1. The Bertz CT molecular complexity index is 716. The number of carbonyl (C=O) groups excluding carboxylic acids is 2. The van der Waals surface area contributed by atoms with Crippen molar-refractivity contribution in [3.05, 3.63) is 35.9 Å². The second kappa shape index (κ2) is 9.82. The maximum absolute atomic E-state index is 13.0. The van der Waals surface area contributed by atoms with Crippen LogP contribution in [0.5, 0.6) is 0 Å². The van der Waals surface area contributed by atoms with Gasteiger partial charge in [-0.1, -0.05) is 30.3 Å². The predicted molar refractivity (Wildman–Crippen MR) is 116 cm³/mol. The van der Waals surface area contributed by atoms with Crippen molar-refractivity contribution in [2.45, 2.75) is 64.6 Å². The number of hydrogen-bond acceptors (Lipinski definition) is 5. The van der Waals surface area contributed by atoms with E-state index in [9.17, 15) is 9.59 Å². The van der Waals surface area contributed by atoms with Crippen LogP contribution in [0.15, 0.2) is 30.3 Å². The van der Waals surface area contributed by atoms with Gasteiger partial charge in [0.1, 0.15) is 5.60 Å². The number of benzene rings is 1. The predicted octanol–water partition coefficient (Wildman–Crippen LogP) is 4.09. The summed E-state index contributed by atoms with van der Waals surface area (Å²) in [6.07, 6.45) is 2.81. The van der Waals surface area contributed by atoms with Gasteiger partial charge in [-0.3, -0.25) is 9.69 Å². The van der Waals surface area contributed by atoms with E-state index in [1.807, 2.05) is 31.7 Å². The number of esters is 1. The van der Waals surface area contributed by atoms with E-state index in [1.54, 1.807) is 0 Å². The van der Waals surface area contributed by atoms with Gasteiger partial charge in [-0.15, -0.1) is 0 Å². The lowest BCUT2D eigenvalue weighted by Gasteiger charge is -2.50. The summed E-state index contributed by atoms with van der Waals surface area (Å²) in [5, 5.41) is 0. The summed E-state index contributed by atoms with van der Waals surface area (Å²) in [6, 6.07) is 10.7. The van der Waals surface area contributed by atoms with E-state index in [4.69, 9.17) is 9.47 Å². The van der Waals surface area contributed by atoms with Gasteiger partial charge in [0.15, 0.2) is 0 Å². The van der Waals surface area contributed by atoms with Crippen LogP contribution in [0.1, 0.15) is 52.0 Å². The third-order valence-electron chi connectivity index (χ3n) is 6.03. The minimum absolute atomic E-state index is 0.0966. The van der Waals surface area contributed by atoms with Gasteiger partial charge in [-0.05, 0) is 57.4 Å². The largest absolute Gasteiger partial charge is 0.469 e. The highest BCUT2D eigenvalue weighted by Gasteiger charge is 2.43. The van der Waals surface area contributed by atoms with Crippen LogP contribution < -0.4 is 0 Å². The Kier molecular flexibility index (Phi) is 7.40. The lowest BCUT2D eigenvalue weighted by atomic mass is 9.77. The molecule has 0 radical (unpaired) electrons. The number of amides is 1. The van der Waals surface area contributed by atoms with E-state index >= 15 is 0 Å². The van der Waals surface area contributed by atoms with Crippen LogP contribution in [0.2, 0.25) is 0 Å². The van der Waals surface area contributed by atoms with Gasteiger partial charge in [-0.25, -0.2) is 4.79 Å². The molecule has 166 valence electrons. The molecule has 0 unspecified atom stereocenters. The number of likely N-dealkylation sites (tertiary alicyclic amines) is 2. The van der Waals surface area contributed by atoms with Crippen molar-refractivity contribution < 1.29 is 19.1 Å². The Labute approximate surface area is 180 Å². The summed E-state index contributed by atoms with van der Waals surface area (Å²) < 4.78 is 10.5.